The molecule has 13 heavy (non-hydrogen) atoms. The zero-order valence-electron chi connectivity index (χ0n) is 8.04. The van der Waals surface area contributed by atoms with Crippen molar-refractivity contribution >= 4 is 5.97 Å². The van der Waals surface area contributed by atoms with Gasteiger partial charge < -0.3 is 10.8 Å². The standard InChI is InChI=1S/C10H19NO2/c11-9-5-3-1-2-4-8(9)6-7-10(12)13/h8-9H,1-7,11H2,(H,12,13)/t8-,9-/m1/s1. The SMILES string of the molecule is N[C@@H]1CCCCC[C@@H]1CCC(=O)O. The Morgan fingerprint density at radius 2 is 2.00 bits per heavy atom. The van der Waals surface area contributed by atoms with E-state index in [1.54, 1.807) is 0 Å². The highest BCUT2D eigenvalue weighted by Gasteiger charge is 2.20. The van der Waals surface area contributed by atoms with Gasteiger partial charge in [0.15, 0.2) is 0 Å². The predicted molar refractivity (Wildman–Crippen MR) is 51.4 cm³/mol. The first kappa shape index (κ1) is 10.5. The van der Waals surface area contributed by atoms with Crippen molar-refractivity contribution in [1.82, 2.24) is 0 Å². The van der Waals surface area contributed by atoms with Crippen LogP contribution in [0.3, 0.4) is 0 Å². The average molecular weight is 185 g/mol. The Kier molecular flexibility index (Phi) is 4.22. The Balaban J connectivity index is 2.31. The summed E-state index contributed by atoms with van der Waals surface area (Å²) in [6.07, 6.45) is 6.92. The van der Waals surface area contributed by atoms with Crippen LogP contribution in [-0.4, -0.2) is 17.1 Å². The highest BCUT2D eigenvalue weighted by molar-refractivity contribution is 5.66. The van der Waals surface area contributed by atoms with E-state index in [9.17, 15) is 4.79 Å². The smallest absolute Gasteiger partial charge is 0.303 e. The van der Waals surface area contributed by atoms with E-state index in [-0.39, 0.29) is 12.5 Å². The molecular formula is C10H19NO2. The summed E-state index contributed by atoms with van der Waals surface area (Å²) < 4.78 is 0. The van der Waals surface area contributed by atoms with E-state index in [0.29, 0.717) is 5.92 Å². The van der Waals surface area contributed by atoms with Gasteiger partial charge in [-0.1, -0.05) is 19.3 Å². The number of carbonyl (C=O) groups is 1. The van der Waals surface area contributed by atoms with E-state index >= 15 is 0 Å². The topological polar surface area (TPSA) is 63.3 Å². The third-order valence-corrected chi connectivity index (χ3v) is 2.95. The molecule has 0 spiro atoms. The maximum absolute atomic E-state index is 10.4. The van der Waals surface area contributed by atoms with Gasteiger partial charge in [0.2, 0.25) is 0 Å². The van der Waals surface area contributed by atoms with E-state index in [2.05, 4.69) is 0 Å². The number of carboxylic acids is 1. The minimum absolute atomic E-state index is 0.238. The highest BCUT2D eigenvalue weighted by atomic mass is 16.4. The first-order valence-corrected chi connectivity index (χ1v) is 5.17. The van der Waals surface area contributed by atoms with Crippen molar-refractivity contribution in [3.63, 3.8) is 0 Å². The largest absolute Gasteiger partial charge is 0.481 e. The van der Waals surface area contributed by atoms with Crippen molar-refractivity contribution in [1.29, 1.82) is 0 Å². The van der Waals surface area contributed by atoms with Gasteiger partial charge >= 0.3 is 5.97 Å². The molecule has 0 aromatic heterocycles. The van der Waals surface area contributed by atoms with Crippen LogP contribution in [0, 0.1) is 5.92 Å². The van der Waals surface area contributed by atoms with Gasteiger partial charge in [-0.15, -0.1) is 0 Å². The van der Waals surface area contributed by atoms with Gasteiger partial charge in [-0.3, -0.25) is 4.79 Å². The summed E-state index contributed by atoms with van der Waals surface area (Å²) in [6, 6.07) is 0.238. The van der Waals surface area contributed by atoms with Gasteiger partial charge in [0.1, 0.15) is 0 Å². The molecule has 1 rings (SSSR count). The molecule has 0 bridgehead atoms. The average Bonchev–Trinajstić information content (AvgIpc) is 2.27. The minimum Gasteiger partial charge on any atom is -0.481 e. The molecular weight excluding hydrogens is 166 g/mol. The maximum Gasteiger partial charge on any atom is 0.303 e. The van der Waals surface area contributed by atoms with Crippen LogP contribution in [-0.2, 0) is 4.79 Å². The van der Waals surface area contributed by atoms with Crippen LogP contribution in [0.5, 0.6) is 0 Å². The molecule has 1 aliphatic carbocycles. The van der Waals surface area contributed by atoms with Crippen LogP contribution < -0.4 is 5.73 Å². The molecule has 0 saturated heterocycles. The molecule has 0 heterocycles. The van der Waals surface area contributed by atoms with Gasteiger partial charge in [-0.25, -0.2) is 0 Å². The van der Waals surface area contributed by atoms with Crippen LogP contribution >= 0.6 is 0 Å². The zero-order chi connectivity index (χ0) is 9.68. The minimum atomic E-state index is -0.698. The molecule has 3 heteroatoms. The first-order chi connectivity index (χ1) is 6.20. The lowest BCUT2D eigenvalue weighted by Gasteiger charge is -2.19. The number of aliphatic carboxylic acids is 1. The van der Waals surface area contributed by atoms with Gasteiger partial charge in [-0.2, -0.15) is 0 Å². The van der Waals surface area contributed by atoms with E-state index in [1.165, 1.54) is 19.3 Å². The molecule has 76 valence electrons. The number of rotatable bonds is 3. The van der Waals surface area contributed by atoms with Crippen molar-refractivity contribution in [2.75, 3.05) is 0 Å². The second-order valence-electron chi connectivity index (χ2n) is 3.99. The molecule has 1 saturated carbocycles. The van der Waals surface area contributed by atoms with Crippen LogP contribution in [0.15, 0.2) is 0 Å². The number of hydrogen-bond donors (Lipinski definition) is 2. The Morgan fingerprint density at radius 1 is 1.31 bits per heavy atom. The van der Waals surface area contributed by atoms with Crippen molar-refractivity contribution in [2.45, 2.75) is 51.0 Å². The fourth-order valence-electron chi connectivity index (χ4n) is 2.08. The summed E-state index contributed by atoms with van der Waals surface area (Å²) in [5.41, 5.74) is 5.97. The second-order valence-corrected chi connectivity index (χ2v) is 3.99. The number of hydrogen-bond acceptors (Lipinski definition) is 2. The maximum atomic E-state index is 10.4. The van der Waals surface area contributed by atoms with E-state index in [4.69, 9.17) is 10.8 Å². The Hall–Kier alpha value is -0.570. The molecule has 0 aromatic rings. The predicted octanol–water partition coefficient (Wildman–Crippen LogP) is 1.76. The molecule has 1 aliphatic rings. The fourth-order valence-corrected chi connectivity index (χ4v) is 2.08. The highest BCUT2D eigenvalue weighted by Crippen LogP contribution is 2.25. The van der Waals surface area contributed by atoms with Gasteiger partial charge in [0.05, 0.1) is 0 Å². The first-order valence-electron chi connectivity index (χ1n) is 5.17. The normalized spacial score (nSPS) is 29.6. The summed E-state index contributed by atoms with van der Waals surface area (Å²) in [4.78, 5) is 10.4. The molecule has 0 unspecified atom stereocenters. The van der Waals surface area contributed by atoms with Crippen LogP contribution in [0.2, 0.25) is 0 Å². The van der Waals surface area contributed by atoms with Gasteiger partial charge in [0.25, 0.3) is 0 Å². The summed E-state index contributed by atoms with van der Waals surface area (Å²) >= 11 is 0. The molecule has 0 aromatic carbocycles. The van der Waals surface area contributed by atoms with Gasteiger partial charge in [0, 0.05) is 12.5 Å². The molecule has 3 N–H and O–H groups in total. The lowest BCUT2D eigenvalue weighted by atomic mass is 9.91. The van der Waals surface area contributed by atoms with E-state index in [1.807, 2.05) is 0 Å². The Morgan fingerprint density at radius 3 is 2.69 bits per heavy atom. The van der Waals surface area contributed by atoms with Crippen LogP contribution in [0.4, 0.5) is 0 Å². The van der Waals surface area contributed by atoms with E-state index in [0.717, 1.165) is 19.3 Å². The monoisotopic (exact) mass is 185 g/mol. The van der Waals surface area contributed by atoms with Crippen molar-refractivity contribution in [3.8, 4) is 0 Å². The Labute approximate surface area is 79.3 Å². The second kappa shape index (κ2) is 5.22. The molecule has 0 amide bonds. The van der Waals surface area contributed by atoms with Gasteiger partial charge in [-0.05, 0) is 25.2 Å². The lowest BCUT2D eigenvalue weighted by Crippen LogP contribution is -2.29. The molecule has 0 radical (unpaired) electrons. The molecule has 1 fully saturated rings. The quantitative estimate of drug-likeness (QED) is 0.658. The Bertz CT molecular complexity index is 170. The lowest BCUT2D eigenvalue weighted by molar-refractivity contribution is -0.137. The fraction of sp³-hybridized carbons (Fsp3) is 0.900. The molecule has 0 aliphatic heterocycles. The summed E-state index contributed by atoms with van der Waals surface area (Å²) in [5.74, 6) is -0.255. The number of nitrogens with two attached hydrogens (primary N) is 1. The van der Waals surface area contributed by atoms with Crippen LogP contribution in [0.25, 0.3) is 0 Å². The summed E-state index contributed by atoms with van der Waals surface area (Å²) in [7, 11) is 0. The third kappa shape index (κ3) is 3.77. The van der Waals surface area contributed by atoms with Crippen LogP contribution in [0.1, 0.15) is 44.9 Å². The molecule has 3 nitrogen and oxygen atoms in total. The van der Waals surface area contributed by atoms with Crippen molar-refractivity contribution < 1.29 is 9.90 Å². The van der Waals surface area contributed by atoms with E-state index < -0.39 is 5.97 Å². The third-order valence-electron chi connectivity index (χ3n) is 2.95. The number of carboxylic acid groups (broad SMARTS) is 1. The summed E-state index contributed by atoms with van der Waals surface area (Å²) in [5, 5.41) is 8.56. The van der Waals surface area contributed by atoms with Crippen molar-refractivity contribution in [2.24, 2.45) is 11.7 Å². The summed E-state index contributed by atoms with van der Waals surface area (Å²) in [6.45, 7) is 0. The zero-order valence-corrected chi connectivity index (χ0v) is 8.04. The van der Waals surface area contributed by atoms with Crippen molar-refractivity contribution in [3.05, 3.63) is 0 Å². The molecule has 2 atom stereocenters.